The largest absolute Gasteiger partial charge is 0.363 e. The highest BCUT2D eigenvalue weighted by molar-refractivity contribution is 14.0. The number of nitrogens with one attached hydrogen (secondary N) is 2. The molecule has 0 aromatic carbocycles. The number of hydrogen-bond acceptors (Lipinski definition) is 5. The number of hydrogen-bond donors (Lipinski definition) is 2. The summed E-state index contributed by atoms with van der Waals surface area (Å²) in [7, 11) is -1.15. The highest BCUT2D eigenvalue weighted by Gasteiger charge is 2.23. The Morgan fingerprint density at radius 2 is 2.04 bits per heavy atom. The zero-order valence-corrected chi connectivity index (χ0v) is 20.7. The van der Waals surface area contributed by atoms with E-state index in [9.17, 15) is 8.42 Å². The molecule has 6 nitrogen and oxygen atoms in total. The molecule has 2 N–H and O–H groups in total. The molecule has 0 radical (unpaired) electrons. The standard InChI is InChI=1S/C18H32N4O2S2.HI/c1-18(2,9-13-26(4,23)24)14-20-17(19-3)21-15-7-10-22(11-8-15)16-6-5-12-25-16;/h5-6,12,15H,7-11,13-14H2,1-4H3,(H2,19,20,21);1H. The minimum atomic E-state index is -2.93. The number of piperidine rings is 1. The molecule has 1 saturated heterocycles. The second-order valence-corrected chi connectivity index (χ2v) is 11.0. The Kier molecular flexibility index (Phi) is 9.84. The Morgan fingerprint density at radius 3 is 2.56 bits per heavy atom. The van der Waals surface area contributed by atoms with E-state index >= 15 is 0 Å². The van der Waals surface area contributed by atoms with Crippen molar-refractivity contribution in [3.63, 3.8) is 0 Å². The molecule has 1 aromatic rings. The summed E-state index contributed by atoms with van der Waals surface area (Å²) >= 11 is 1.79. The van der Waals surface area contributed by atoms with Crippen LogP contribution in [0.5, 0.6) is 0 Å². The fraction of sp³-hybridized carbons (Fsp3) is 0.722. The normalized spacial score (nSPS) is 16.7. The molecule has 0 aliphatic carbocycles. The number of nitrogens with zero attached hydrogens (tertiary/aromatic N) is 2. The molecule has 0 bridgehead atoms. The number of rotatable bonds is 7. The first-order valence-electron chi connectivity index (χ1n) is 9.12. The van der Waals surface area contributed by atoms with Gasteiger partial charge in [-0.15, -0.1) is 35.3 Å². The smallest absolute Gasteiger partial charge is 0.191 e. The summed E-state index contributed by atoms with van der Waals surface area (Å²) in [6.45, 7) is 6.95. The van der Waals surface area contributed by atoms with Gasteiger partial charge >= 0.3 is 0 Å². The van der Waals surface area contributed by atoms with Gasteiger partial charge in [0.2, 0.25) is 0 Å². The second kappa shape index (κ2) is 10.8. The lowest BCUT2D eigenvalue weighted by Gasteiger charge is -2.34. The van der Waals surface area contributed by atoms with E-state index in [1.807, 2.05) is 0 Å². The Morgan fingerprint density at radius 1 is 1.37 bits per heavy atom. The molecule has 0 saturated carbocycles. The van der Waals surface area contributed by atoms with Gasteiger partial charge in [-0.2, -0.15) is 0 Å². The van der Waals surface area contributed by atoms with Crippen molar-refractivity contribution in [3.05, 3.63) is 17.5 Å². The lowest BCUT2D eigenvalue weighted by atomic mass is 9.90. The van der Waals surface area contributed by atoms with Gasteiger partial charge in [0.05, 0.1) is 10.8 Å². The molecule has 9 heteroatoms. The topological polar surface area (TPSA) is 73.8 Å². The van der Waals surface area contributed by atoms with E-state index in [0.717, 1.165) is 31.9 Å². The van der Waals surface area contributed by atoms with Gasteiger partial charge in [-0.3, -0.25) is 4.99 Å². The molecule has 0 spiro atoms. The first-order chi connectivity index (χ1) is 12.2. The predicted octanol–water partition coefficient (Wildman–Crippen LogP) is 2.96. The van der Waals surface area contributed by atoms with Crippen LogP contribution in [0.2, 0.25) is 0 Å². The van der Waals surface area contributed by atoms with Crippen LogP contribution in [-0.2, 0) is 9.84 Å². The van der Waals surface area contributed by atoms with E-state index in [-0.39, 0.29) is 35.1 Å². The van der Waals surface area contributed by atoms with Crippen molar-refractivity contribution in [3.8, 4) is 0 Å². The maximum atomic E-state index is 11.4. The van der Waals surface area contributed by atoms with Crippen LogP contribution in [0.25, 0.3) is 0 Å². The number of aliphatic imine (C=N–C) groups is 1. The molecule has 2 rings (SSSR count). The van der Waals surface area contributed by atoms with Crippen molar-refractivity contribution in [1.29, 1.82) is 0 Å². The summed E-state index contributed by atoms with van der Waals surface area (Å²) in [5.74, 6) is 1.02. The number of halogens is 1. The van der Waals surface area contributed by atoms with Crippen molar-refractivity contribution in [2.24, 2.45) is 10.4 Å². The average Bonchev–Trinajstić information content (AvgIpc) is 3.11. The molecule has 156 valence electrons. The molecule has 2 heterocycles. The zero-order chi connectivity index (χ0) is 19.2. The van der Waals surface area contributed by atoms with Gasteiger partial charge in [0, 0.05) is 39.0 Å². The Bertz CT molecular complexity index is 682. The van der Waals surface area contributed by atoms with Crippen molar-refractivity contribution >= 4 is 56.1 Å². The van der Waals surface area contributed by atoms with Crippen LogP contribution in [0.15, 0.2) is 22.5 Å². The van der Waals surface area contributed by atoms with Crippen molar-refractivity contribution < 1.29 is 8.42 Å². The third-order valence-electron chi connectivity index (χ3n) is 4.76. The Hall–Kier alpha value is -0.550. The van der Waals surface area contributed by atoms with E-state index < -0.39 is 9.84 Å². The van der Waals surface area contributed by atoms with Crippen molar-refractivity contribution in [2.75, 3.05) is 43.6 Å². The SMILES string of the molecule is CN=C(NCC(C)(C)CCS(C)(=O)=O)NC1CCN(c2cccs2)CC1.I. The molecule has 1 aliphatic heterocycles. The summed E-state index contributed by atoms with van der Waals surface area (Å²) in [5.41, 5.74) is -0.108. The third kappa shape index (κ3) is 8.99. The third-order valence-corrected chi connectivity index (χ3v) is 6.64. The maximum absolute atomic E-state index is 11.4. The minimum Gasteiger partial charge on any atom is -0.363 e. The summed E-state index contributed by atoms with van der Waals surface area (Å²) < 4.78 is 22.8. The van der Waals surface area contributed by atoms with Crippen LogP contribution in [0.3, 0.4) is 0 Å². The quantitative estimate of drug-likeness (QED) is 0.324. The number of guanidine groups is 1. The number of thiophene rings is 1. The second-order valence-electron chi connectivity index (χ2n) is 7.83. The molecule has 1 fully saturated rings. The summed E-state index contributed by atoms with van der Waals surface area (Å²) in [6, 6.07) is 4.69. The predicted molar refractivity (Wildman–Crippen MR) is 128 cm³/mol. The first kappa shape index (κ1) is 24.5. The molecule has 0 unspecified atom stereocenters. The van der Waals surface area contributed by atoms with E-state index in [1.54, 1.807) is 18.4 Å². The zero-order valence-electron chi connectivity index (χ0n) is 16.7. The monoisotopic (exact) mass is 528 g/mol. The van der Waals surface area contributed by atoms with Gasteiger partial charge < -0.3 is 15.5 Å². The molecular weight excluding hydrogens is 495 g/mol. The maximum Gasteiger partial charge on any atom is 0.191 e. The van der Waals surface area contributed by atoms with E-state index in [4.69, 9.17) is 0 Å². The molecule has 27 heavy (non-hydrogen) atoms. The molecule has 0 atom stereocenters. The fourth-order valence-corrected chi connectivity index (χ4v) is 4.66. The lowest BCUT2D eigenvalue weighted by Crippen LogP contribution is -2.50. The van der Waals surface area contributed by atoms with Gasteiger partial charge in [0.15, 0.2) is 5.96 Å². The molecular formula is C18H33IN4O2S2. The van der Waals surface area contributed by atoms with Crippen LogP contribution in [0, 0.1) is 5.41 Å². The van der Waals surface area contributed by atoms with Crippen molar-refractivity contribution in [2.45, 2.75) is 39.2 Å². The molecule has 0 amide bonds. The lowest BCUT2D eigenvalue weighted by molar-refractivity contribution is 0.346. The fourth-order valence-electron chi connectivity index (χ4n) is 2.96. The summed E-state index contributed by atoms with van der Waals surface area (Å²) in [6.07, 6.45) is 4.08. The minimum absolute atomic E-state index is 0. The molecule has 1 aromatic heterocycles. The number of anilines is 1. The first-order valence-corrected chi connectivity index (χ1v) is 12.1. The van der Waals surface area contributed by atoms with Crippen LogP contribution in [0.4, 0.5) is 5.00 Å². The Labute approximate surface area is 185 Å². The van der Waals surface area contributed by atoms with Crippen LogP contribution < -0.4 is 15.5 Å². The van der Waals surface area contributed by atoms with Crippen LogP contribution in [-0.4, -0.2) is 59.1 Å². The Balaban J connectivity index is 0.00000364. The highest BCUT2D eigenvalue weighted by Crippen LogP contribution is 2.25. The highest BCUT2D eigenvalue weighted by atomic mass is 127. The van der Waals surface area contributed by atoms with E-state index in [0.29, 0.717) is 19.0 Å². The van der Waals surface area contributed by atoms with Crippen LogP contribution >= 0.6 is 35.3 Å². The van der Waals surface area contributed by atoms with E-state index in [2.05, 4.69) is 51.9 Å². The van der Waals surface area contributed by atoms with Gasteiger partial charge in [0.1, 0.15) is 9.84 Å². The van der Waals surface area contributed by atoms with Gasteiger partial charge in [-0.05, 0) is 42.2 Å². The van der Waals surface area contributed by atoms with Gasteiger partial charge in [-0.1, -0.05) is 13.8 Å². The van der Waals surface area contributed by atoms with Gasteiger partial charge in [0.25, 0.3) is 0 Å². The summed E-state index contributed by atoms with van der Waals surface area (Å²) in [4.78, 5) is 6.77. The van der Waals surface area contributed by atoms with Crippen molar-refractivity contribution in [1.82, 2.24) is 10.6 Å². The van der Waals surface area contributed by atoms with E-state index in [1.165, 1.54) is 11.3 Å². The molecule has 1 aliphatic rings. The number of sulfone groups is 1. The average molecular weight is 529 g/mol. The van der Waals surface area contributed by atoms with Crippen LogP contribution in [0.1, 0.15) is 33.1 Å². The van der Waals surface area contributed by atoms with Gasteiger partial charge in [-0.25, -0.2) is 8.42 Å². The summed E-state index contributed by atoms with van der Waals surface area (Å²) in [5, 5.41) is 10.3.